The molecule has 27 heavy (non-hydrogen) atoms. The minimum Gasteiger partial charge on any atom is -0.366 e. The van der Waals surface area contributed by atoms with Crippen LogP contribution in [0, 0.1) is 27.7 Å². The molecule has 1 heterocycles. The predicted octanol–water partition coefficient (Wildman–Crippen LogP) is 4.36. The van der Waals surface area contributed by atoms with Crippen LogP contribution in [0.5, 0.6) is 0 Å². The number of piperidine rings is 1. The lowest BCUT2D eigenvalue weighted by Gasteiger charge is -2.31. The van der Waals surface area contributed by atoms with E-state index in [0.717, 1.165) is 38.1 Å². The van der Waals surface area contributed by atoms with Gasteiger partial charge in [-0.2, -0.15) is 0 Å². The highest BCUT2D eigenvalue weighted by Gasteiger charge is 2.24. The van der Waals surface area contributed by atoms with Gasteiger partial charge in [-0.3, -0.25) is 14.9 Å². The fourth-order valence-corrected chi connectivity index (χ4v) is 3.10. The summed E-state index contributed by atoms with van der Waals surface area (Å²) in [5.41, 5.74) is 0.468. The topological polar surface area (TPSA) is 75.5 Å². The molecule has 1 N–H and O–H groups in total. The van der Waals surface area contributed by atoms with Crippen molar-refractivity contribution in [3.05, 3.63) is 63.7 Å². The Morgan fingerprint density at radius 1 is 1.15 bits per heavy atom. The zero-order chi connectivity index (χ0) is 19.6. The van der Waals surface area contributed by atoms with Crippen molar-refractivity contribution in [1.29, 1.82) is 0 Å². The van der Waals surface area contributed by atoms with Crippen molar-refractivity contribution in [2.24, 2.45) is 5.92 Å². The van der Waals surface area contributed by atoms with Crippen LogP contribution in [0.3, 0.4) is 0 Å². The summed E-state index contributed by atoms with van der Waals surface area (Å²) in [7, 11) is 0. The van der Waals surface area contributed by atoms with Crippen molar-refractivity contribution in [3.8, 4) is 0 Å². The number of nitrogens with zero attached hydrogens (tertiary/aromatic N) is 2. The minimum absolute atomic E-state index is 0.0654. The number of hydrogen-bond acceptors (Lipinski definition) is 4. The van der Waals surface area contributed by atoms with Gasteiger partial charge in [0.2, 0.25) is 0 Å². The van der Waals surface area contributed by atoms with Crippen molar-refractivity contribution < 1.29 is 18.5 Å². The van der Waals surface area contributed by atoms with Crippen LogP contribution >= 0.6 is 0 Å². The van der Waals surface area contributed by atoms with Crippen molar-refractivity contribution in [3.63, 3.8) is 0 Å². The second-order valence-corrected chi connectivity index (χ2v) is 6.71. The maximum Gasteiger partial charge on any atom is 0.293 e. The van der Waals surface area contributed by atoms with Gasteiger partial charge in [0.1, 0.15) is 5.69 Å². The van der Waals surface area contributed by atoms with Gasteiger partial charge in [0.05, 0.1) is 4.92 Å². The summed E-state index contributed by atoms with van der Waals surface area (Å²) < 4.78 is 26.2. The number of anilines is 2. The molecule has 3 rings (SSSR count). The molecule has 1 aliphatic rings. The molecule has 0 aromatic heterocycles. The van der Waals surface area contributed by atoms with Gasteiger partial charge >= 0.3 is 0 Å². The van der Waals surface area contributed by atoms with Crippen LogP contribution in [0.4, 0.5) is 25.8 Å². The molecule has 8 heteroatoms. The van der Waals surface area contributed by atoms with E-state index in [1.807, 2.05) is 4.90 Å². The van der Waals surface area contributed by atoms with Gasteiger partial charge < -0.3 is 10.2 Å². The molecule has 0 unspecified atom stereocenters. The quantitative estimate of drug-likeness (QED) is 0.636. The first-order valence-corrected chi connectivity index (χ1v) is 8.65. The van der Waals surface area contributed by atoms with Gasteiger partial charge in [0.15, 0.2) is 11.6 Å². The molecule has 6 nitrogen and oxygen atoms in total. The van der Waals surface area contributed by atoms with E-state index in [9.17, 15) is 23.7 Å². The Labute approximate surface area is 154 Å². The summed E-state index contributed by atoms with van der Waals surface area (Å²) in [5, 5.41) is 13.9. The highest BCUT2D eigenvalue weighted by atomic mass is 19.2. The lowest BCUT2D eigenvalue weighted by molar-refractivity contribution is -0.384. The van der Waals surface area contributed by atoms with Gasteiger partial charge in [-0.15, -0.1) is 0 Å². The fourth-order valence-electron chi connectivity index (χ4n) is 3.10. The minimum atomic E-state index is -1.09. The second kappa shape index (κ2) is 7.69. The molecule has 1 fully saturated rings. The maximum atomic E-state index is 13.3. The summed E-state index contributed by atoms with van der Waals surface area (Å²) in [5.74, 6) is -2.17. The van der Waals surface area contributed by atoms with E-state index in [1.54, 1.807) is 6.07 Å². The van der Waals surface area contributed by atoms with Crippen molar-refractivity contribution in [2.75, 3.05) is 23.3 Å². The highest BCUT2D eigenvalue weighted by Crippen LogP contribution is 2.32. The van der Waals surface area contributed by atoms with Crippen LogP contribution in [0.15, 0.2) is 36.4 Å². The van der Waals surface area contributed by atoms with Crippen LogP contribution in [0.1, 0.15) is 30.1 Å². The van der Waals surface area contributed by atoms with Crippen molar-refractivity contribution in [2.45, 2.75) is 19.8 Å². The number of carbonyl (C=O) groups excluding carboxylic acids is 1. The van der Waals surface area contributed by atoms with Crippen LogP contribution in [0.2, 0.25) is 0 Å². The number of nitrogens with one attached hydrogen (secondary N) is 1. The molecule has 0 saturated carbocycles. The molecular weight excluding hydrogens is 356 g/mol. The number of nitro groups is 1. The predicted molar refractivity (Wildman–Crippen MR) is 98.0 cm³/mol. The van der Waals surface area contributed by atoms with Gasteiger partial charge in [-0.05, 0) is 43.0 Å². The molecular formula is C19H19F2N3O3. The summed E-state index contributed by atoms with van der Waals surface area (Å²) in [6.07, 6.45) is 1.91. The number of benzene rings is 2. The lowest BCUT2D eigenvalue weighted by Crippen LogP contribution is -2.33. The van der Waals surface area contributed by atoms with Crippen LogP contribution in [0.25, 0.3) is 0 Å². The Morgan fingerprint density at radius 2 is 1.85 bits per heavy atom. The molecule has 0 radical (unpaired) electrons. The molecule has 1 aliphatic heterocycles. The number of amides is 1. The smallest absolute Gasteiger partial charge is 0.293 e. The Hall–Kier alpha value is -3.03. The van der Waals surface area contributed by atoms with E-state index in [0.29, 0.717) is 11.6 Å². The van der Waals surface area contributed by atoms with Crippen LogP contribution in [-0.2, 0) is 0 Å². The SMILES string of the molecule is CC1CCN(c2ccc(C(=O)Nc3ccc(F)c(F)c3)cc2[N+](=O)[O-])CC1. The Morgan fingerprint density at radius 3 is 2.48 bits per heavy atom. The van der Waals surface area contributed by atoms with Crippen molar-refractivity contribution in [1.82, 2.24) is 0 Å². The van der Waals surface area contributed by atoms with E-state index < -0.39 is 22.5 Å². The highest BCUT2D eigenvalue weighted by molar-refractivity contribution is 6.05. The molecule has 142 valence electrons. The molecule has 2 aromatic rings. The Bertz CT molecular complexity index is 880. The van der Waals surface area contributed by atoms with E-state index in [2.05, 4.69) is 12.2 Å². The summed E-state index contributed by atoms with van der Waals surface area (Å²) in [6.45, 7) is 3.60. The van der Waals surface area contributed by atoms with Crippen molar-refractivity contribution >= 4 is 23.0 Å². The first kappa shape index (κ1) is 18.8. The molecule has 0 aliphatic carbocycles. The maximum absolute atomic E-state index is 13.3. The third kappa shape index (κ3) is 4.21. The fraction of sp³-hybridized carbons (Fsp3) is 0.316. The average molecular weight is 375 g/mol. The van der Waals surface area contributed by atoms with Crippen LogP contribution in [-0.4, -0.2) is 23.9 Å². The Balaban J connectivity index is 1.83. The Kier molecular flexibility index (Phi) is 5.34. The molecule has 0 atom stereocenters. The van der Waals surface area contributed by atoms with Crippen LogP contribution < -0.4 is 10.2 Å². The second-order valence-electron chi connectivity index (χ2n) is 6.71. The monoisotopic (exact) mass is 375 g/mol. The first-order chi connectivity index (χ1) is 12.8. The van der Waals surface area contributed by atoms with E-state index >= 15 is 0 Å². The van der Waals surface area contributed by atoms with Gasteiger partial charge in [-0.25, -0.2) is 8.78 Å². The average Bonchev–Trinajstić information content (AvgIpc) is 2.65. The number of carbonyl (C=O) groups is 1. The number of halogens is 2. The zero-order valence-corrected chi connectivity index (χ0v) is 14.7. The number of hydrogen-bond donors (Lipinski definition) is 1. The lowest BCUT2D eigenvalue weighted by atomic mass is 9.98. The summed E-state index contributed by atoms with van der Waals surface area (Å²) in [6, 6.07) is 7.24. The third-order valence-corrected chi connectivity index (χ3v) is 4.74. The third-order valence-electron chi connectivity index (χ3n) is 4.74. The van der Waals surface area contributed by atoms with Gasteiger partial charge in [0.25, 0.3) is 11.6 Å². The van der Waals surface area contributed by atoms with Gasteiger partial charge in [0, 0.05) is 36.5 Å². The molecule has 1 amide bonds. The largest absolute Gasteiger partial charge is 0.366 e. The van der Waals surface area contributed by atoms with Gasteiger partial charge in [-0.1, -0.05) is 6.92 Å². The molecule has 0 spiro atoms. The normalized spacial score (nSPS) is 14.9. The molecule has 0 bridgehead atoms. The molecule has 1 saturated heterocycles. The summed E-state index contributed by atoms with van der Waals surface area (Å²) >= 11 is 0. The van der Waals surface area contributed by atoms with E-state index in [1.165, 1.54) is 18.2 Å². The number of rotatable bonds is 4. The molecule has 2 aromatic carbocycles. The van der Waals surface area contributed by atoms with E-state index in [4.69, 9.17) is 0 Å². The standard InChI is InChI=1S/C19H19F2N3O3/c1-12-6-8-23(9-7-12)17-5-2-13(10-18(17)24(26)27)19(25)22-14-3-4-15(20)16(21)11-14/h2-5,10-12H,6-9H2,1H3,(H,22,25). The zero-order valence-electron chi connectivity index (χ0n) is 14.7. The summed E-state index contributed by atoms with van der Waals surface area (Å²) in [4.78, 5) is 25.3. The first-order valence-electron chi connectivity index (χ1n) is 8.65. The number of nitro benzene ring substituents is 1. The van der Waals surface area contributed by atoms with E-state index in [-0.39, 0.29) is 16.9 Å².